The second-order valence-corrected chi connectivity index (χ2v) is 8.48. The van der Waals surface area contributed by atoms with Gasteiger partial charge in [0, 0.05) is 17.6 Å². The zero-order valence-corrected chi connectivity index (χ0v) is 19.2. The topological polar surface area (TPSA) is 45.7 Å². The summed E-state index contributed by atoms with van der Waals surface area (Å²) in [6, 6.07) is 13.6. The van der Waals surface area contributed by atoms with E-state index in [2.05, 4.69) is 20.9 Å². The number of rotatable bonds is 7. The van der Waals surface area contributed by atoms with E-state index in [1.54, 1.807) is 4.90 Å². The molecule has 5 nitrogen and oxygen atoms in total. The highest BCUT2D eigenvalue weighted by Crippen LogP contribution is 2.31. The average Bonchev–Trinajstić information content (AvgIpc) is 3.03. The first kappa shape index (κ1) is 22.6. The lowest BCUT2D eigenvalue weighted by Crippen LogP contribution is -2.39. The summed E-state index contributed by atoms with van der Waals surface area (Å²) >= 11 is 5.00. The van der Waals surface area contributed by atoms with Gasteiger partial charge in [0.25, 0.3) is 5.91 Å². The molecular weight excluding hydrogens is 462 g/mol. The Bertz CT molecular complexity index is 931. The van der Waals surface area contributed by atoms with Crippen LogP contribution in [-0.4, -0.2) is 49.6 Å². The van der Waals surface area contributed by atoms with Gasteiger partial charge in [0.2, 0.25) is 0 Å². The summed E-state index contributed by atoms with van der Waals surface area (Å²) in [5.41, 5.74) is 2.04. The van der Waals surface area contributed by atoms with Gasteiger partial charge in [-0.2, -0.15) is 0 Å². The van der Waals surface area contributed by atoms with E-state index in [9.17, 15) is 4.79 Å². The number of halogens is 2. The van der Waals surface area contributed by atoms with Crippen molar-refractivity contribution in [3.63, 3.8) is 0 Å². The molecule has 0 aliphatic rings. The smallest absolute Gasteiger partial charge is 0.266 e. The largest absolute Gasteiger partial charge is 0.484 e. The zero-order valence-electron chi connectivity index (χ0n) is 16.0. The van der Waals surface area contributed by atoms with Gasteiger partial charge in [-0.05, 0) is 51.4 Å². The summed E-state index contributed by atoms with van der Waals surface area (Å²) < 4.78 is 7.73. The fraction of sp³-hybridized carbons (Fsp3) is 0.300. The number of thiazole rings is 1. The molecule has 0 saturated heterocycles. The standard InChI is InChI=1S/C20H22BrN3O2S.ClH/c1-14-4-7-16(8-5-14)26-13-19(25)24(11-10-23(2)3)20-22-17-9-6-15(21)12-18(17)27-20;/h4-9,12H,10-11,13H2,1-3H3;1H. The van der Waals surface area contributed by atoms with Crippen molar-refractivity contribution < 1.29 is 9.53 Å². The maximum absolute atomic E-state index is 12.9. The molecule has 0 aliphatic heterocycles. The molecule has 0 saturated carbocycles. The fourth-order valence-corrected chi connectivity index (χ4v) is 4.05. The van der Waals surface area contributed by atoms with E-state index in [-0.39, 0.29) is 24.9 Å². The molecule has 1 heterocycles. The highest BCUT2D eigenvalue weighted by Gasteiger charge is 2.20. The lowest BCUT2D eigenvalue weighted by Gasteiger charge is -2.22. The van der Waals surface area contributed by atoms with Crippen LogP contribution in [0.15, 0.2) is 46.9 Å². The maximum Gasteiger partial charge on any atom is 0.266 e. The van der Waals surface area contributed by atoms with E-state index in [0.717, 1.165) is 26.8 Å². The predicted octanol–water partition coefficient (Wildman–Crippen LogP) is 4.76. The molecule has 3 rings (SSSR count). The molecule has 0 atom stereocenters. The Hall–Kier alpha value is -1.67. The fourth-order valence-electron chi connectivity index (χ4n) is 2.49. The Balaban J connectivity index is 0.00000280. The van der Waals surface area contributed by atoms with Crippen LogP contribution in [0.2, 0.25) is 0 Å². The van der Waals surface area contributed by atoms with Crippen molar-refractivity contribution in [2.75, 3.05) is 38.7 Å². The number of hydrogen-bond acceptors (Lipinski definition) is 5. The predicted molar refractivity (Wildman–Crippen MR) is 122 cm³/mol. The zero-order chi connectivity index (χ0) is 19.4. The van der Waals surface area contributed by atoms with Gasteiger partial charge in [-0.25, -0.2) is 4.98 Å². The number of carbonyl (C=O) groups is 1. The molecule has 1 aromatic heterocycles. The minimum atomic E-state index is -0.101. The van der Waals surface area contributed by atoms with Gasteiger partial charge in [0.05, 0.1) is 10.2 Å². The summed E-state index contributed by atoms with van der Waals surface area (Å²) in [4.78, 5) is 21.3. The molecule has 1 amide bonds. The second-order valence-electron chi connectivity index (χ2n) is 6.56. The van der Waals surface area contributed by atoms with Crippen LogP contribution in [0, 0.1) is 6.92 Å². The van der Waals surface area contributed by atoms with Crippen LogP contribution in [0.4, 0.5) is 5.13 Å². The van der Waals surface area contributed by atoms with E-state index in [0.29, 0.717) is 17.4 Å². The monoisotopic (exact) mass is 483 g/mol. The molecule has 0 spiro atoms. The number of ether oxygens (including phenoxy) is 1. The van der Waals surface area contributed by atoms with Crippen molar-refractivity contribution in [2.45, 2.75) is 6.92 Å². The molecule has 150 valence electrons. The highest BCUT2D eigenvalue weighted by atomic mass is 79.9. The summed E-state index contributed by atoms with van der Waals surface area (Å²) in [7, 11) is 3.97. The van der Waals surface area contributed by atoms with Gasteiger partial charge in [-0.15, -0.1) is 12.4 Å². The minimum absolute atomic E-state index is 0. The molecule has 0 bridgehead atoms. The van der Waals surface area contributed by atoms with Gasteiger partial charge < -0.3 is 9.64 Å². The van der Waals surface area contributed by atoms with Gasteiger partial charge >= 0.3 is 0 Å². The van der Waals surface area contributed by atoms with Crippen molar-refractivity contribution in [1.29, 1.82) is 0 Å². The Kier molecular flexibility index (Phi) is 8.24. The summed E-state index contributed by atoms with van der Waals surface area (Å²) in [5.74, 6) is 0.588. The van der Waals surface area contributed by atoms with E-state index in [1.165, 1.54) is 11.3 Å². The molecule has 0 unspecified atom stereocenters. The molecule has 0 radical (unpaired) electrons. The Labute approximate surface area is 183 Å². The highest BCUT2D eigenvalue weighted by molar-refractivity contribution is 9.10. The van der Waals surface area contributed by atoms with Gasteiger partial charge in [0.15, 0.2) is 11.7 Å². The van der Waals surface area contributed by atoms with Crippen LogP contribution in [0.1, 0.15) is 5.56 Å². The SMILES string of the molecule is Cc1ccc(OCC(=O)N(CCN(C)C)c2nc3ccc(Br)cc3s2)cc1.Cl. The minimum Gasteiger partial charge on any atom is -0.484 e. The number of aromatic nitrogens is 1. The summed E-state index contributed by atoms with van der Waals surface area (Å²) in [5, 5.41) is 0.697. The van der Waals surface area contributed by atoms with Crippen LogP contribution in [-0.2, 0) is 4.79 Å². The van der Waals surface area contributed by atoms with Crippen LogP contribution in [0.5, 0.6) is 5.75 Å². The first-order valence-electron chi connectivity index (χ1n) is 8.63. The van der Waals surface area contributed by atoms with Gasteiger partial charge in [0.1, 0.15) is 5.75 Å². The van der Waals surface area contributed by atoms with Crippen molar-refractivity contribution in [1.82, 2.24) is 9.88 Å². The lowest BCUT2D eigenvalue weighted by molar-refractivity contribution is -0.120. The lowest BCUT2D eigenvalue weighted by atomic mass is 10.2. The maximum atomic E-state index is 12.9. The number of benzene rings is 2. The van der Waals surface area contributed by atoms with Crippen molar-refractivity contribution >= 4 is 60.9 Å². The number of anilines is 1. The van der Waals surface area contributed by atoms with Gasteiger partial charge in [-0.3, -0.25) is 9.69 Å². The number of hydrogen-bond donors (Lipinski definition) is 0. The average molecular weight is 485 g/mol. The third kappa shape index (κ3) is 5.91. The Morgan fingerprint density at radius 1 is 1.14 bits per heavy atom. The van der Waals surface area contributed by atoms with Crippen LogP contribution >= 0.6 is 39.7 Å². The third-order valence-corrected chi connectivity index (χ3v) is 5.56. The van der Waals surface area contributed by atoms with Crippen molar-refractivity contribution in [2.24, 2.45) is 0 Å². The van der Waals surface area contributed by atoms with E-state index in [4.69, 9.17) is 4.74 Å². The van der Waals surface area contributed by atoms with Crippen LogP contribution in [0.25, 0.3) is 10.2 Å². The van der Waals surface area contributed by atoms with Crippen LogP contribution < -0.4 is 9.64 Å². The third-order valence-electron chi connectivity index (χ3n) is 4.03. The van der Waals surface area contributed by atoms with Crippen molar-refractivity contribution in [3.05, 3.63) is 52.5 Å². The summed E-state index contributed by atoms with van der Waals surface area (Å²) in [6.07, 6.45) is 0. The van der Waals surface area contributed by atoms with Crippen LogP contribution in [0.3, 0.4) is 0 Å². The van der Waals surface area contributed by atoms with Crippen molar-refractivity contribution in [3.8, 4) is 5.75 Å². The number of amides is 1. The van der Waals surface area contributed by atoms with E-state index in [1.807, 2.05) is 68.4 Å². The van der Waals surface area contributed by atoms with E-state index < -0.39 is 0 Å². The Morgan fingerprint density at radius 3 is 2.54 bits per heavy atom. The molecule has 28 heavy (non-hydrogen) atoms. The van der Waals surface area contributed by atoms with E-state index >= 15 is 0 Å². The first-order valence-corrected chi connectivity index (χ1v) is 10.2. The number of aryl methyl sites for hydroxylation is 1. The quantitative estimate of drug-likeness (QED) is 0.485. The second kappa shape index (κ2) is 10.2. The number of nitrogens with zero attached hydrogens (tertiary/aromatic N) is 3. The molecule has 2 aromatic carbocycles. The first-order chi connectivity index (χ1) is 12.9. The molecule has 0 aliphatic carbocycles. The number of carbonyl (C=O) groups excluding carboxylic acids is 1. The number of likely N-dealkylation sites (N-methyl/N-ethyl adjacent to an activating group) is 1. The molecule has 0 fully saturated rings. The molecule has 3 aromatic rings. The summed E-state index contributed by atoms with van der Waals surface area (Å²) in [6.45, 7) is 3.31. The normalized spacial score (nSPS) is 10.8. The number of fused-ring (bicyclic) bond motifs is 1. The molecule has 0 N–H and O–H groups in total. The Morgan fingerprint density at radius 2 is 1.86 bits per heavy atom. The molecule has 8 heteroatoms. The van der Waals surface area contributed by atoms with Gasteiger partial charge in [-0.1, -0.05) is 45.0 Å². The molecular formula is C20H23BrClN3O2S.